The van der Waals surface area contributed by atoms with Crippen molar-refractivity contribution >= 4 is 23.2 Å². The molecule has 2 aromatic rings. The third kappa shape index (κ3) is 4.98. The van der Waals surface area contributed by atoms with E-state index >= 15 is 0 Å². The molecule has 30 heavy (non-hydrogen) atoms. The van der Waals surface area contributed by atoms with Gasteiger partial charge in [0.05, 0.1) is 6.54 Å². The number of hydrogen-bond acceptors (Lipinski definition) is 4. The molecule has 1 aliphatic rings. The van der Waals surface area contributed by atoms with Crippen LogP contribution in [-0.2, 0) is 13.6 Å². The molecule has 0 aliphatic heterocycles. The van der Waals surface area contributed by atoms with Crippen LogP contribution in [0.3, 0.4) is 0 Å². The molecule has 0 bridgehead atoms. The van der Waals surface area contributed by atoms with Gasteiger partial charge in [0.15, 0.2) is 0 Å². The molecule has 0 saturated heterocycles. The summed E-state index contributed by atoms with van der Waals surface area (Å²) in [4.78, 5) is 22.0. The second kappa shape index (κ2) is 9.84. The van der Waals surface area contributed by atoms with E-state index in [1.807, 2.05) is 30.8 Å². The zero-order valence-electron chi connectivity index (χ0n) is 18.8. The number of aryl methyl sites for hydroxylation is 1. The standard InChI is InChI=1S/C23H34ClN5O/c1-6-29(19-9-7-18(8-10-19)27(3)4)21-14-17(24)13-20(16(21)2)23(30)26-15-22-25-11-12-28(22)5/h11-14,18-19H,6-10,15H2,1-5H3,(H,26,30). The average molecular weight is 432 g/mol. The monoisotopic (exact) mass is 431 g/mol. The van der Waals surface area contributed by atoms with Crippen LogP contribution < -0.4 is 10.2 Å². The molecule has 0 atom stereocenters. The van der Waals surface area contributed by atoms with Crippen molar-refractivity contribution in [1.82, 2.24) is 19.8 Å². The first-order chi connectivity index (χ1) is 14.3. The topological polar surface area (TPSA) is 53.4 Å². The highest BCUT2D eigenvalue weighted by Crippen LogP contribution is 2.34. The predicted molar refractivity (Wildman–Crippen MR) is 123 cm³/mol. The SMILES string of the molecule is CCN(c1cc(Cl)cc(C(=O)NCc2nccn2C)c1C)C1CCC(N(C)C)CC1. The molecule has 1 amide bonds. The summed E-state index contributed by atoms with van der Waals surface area (Å²) in [7, 11) is 6.25. The molecule has 0 unspecified atom stereocenters. The molecular weight excluding hydrogens is 398 g/mol. The van der Waals surface area contributed by atoms with E-state index < -0.39 is 0 Å². The van der Waals surface area contributed by atoms with Crippen LogP contribution in [-0.4, -0.2) is 53.1 Å². The molecule has 1 fully saturated rings. The molecule has 1 N–H and O–H groups in total. The third-order valence-corrected chi connectivity index (χ3v) is 6.62. The molecule has 0 spiro atoms. The van der Waals surface area contributed by atoms with Gasteiger partial charge in [-0.1, -0.05) is 11.6 Å². The van der Waals surface area contributed by atoms with Gasteiger partial charge in [-0.15, -0.1) is 0 Å². The highest BCUT2D eigenvalue weighted by molar-refractivity contribution is 6.31. The maximum atomic E-state index is 13.0. The first kappa shape index (κ1) is 22.6. The quantitative estimate of drug-likeness (QED) is 0.719. The Kier molecular flexibility index (Phi) is 7.42. The first-order valence-electron chi connectivity index (χ1n) is 10.8. The lowest BCUT2D eigenvalue weighted by Crippen LogP contribution is -2.42. The van der Waals surface area contributed by atoms with Gasteiger partial charge in [-0.05, 0) is 71.3 Å². The summed E-state index contributed by atoms with van der Waals surface area (Å²) in [6.45, 7) is 5.48. The highest BCUT2D eigenvalue weighted by Gasteiger charge is 2.28. The third-order valence-electron chi connectivity index (χ3n) is 6.41. The molecule has 0 radical (unpaired) electrons. The van der Waals surface area contributed by atoms with Gasteiger partial charge in [0, 0.05) is 54.3 Å². The molecule has 1 aromatic heterocycles. The second-order valence-corrected chi connectivity index (χ2v) is 8.88. The number of aromatic nitrogens is 2. The zero-order valence-corrected chi connectivity index (χ0v) is 19.5. The minimum absolute atomic E-state index is 0.119. The smallest absolute Gasteiger partial charge is 0.252 e. The maximum absolute atomic E-state index is 13.0. The Hall–Kier alpha value is -2.05. The van der Waals surface area contributed by atoms with Gasteiger partial charge in [0.2, 0.25) is 0 Å². The van der Waals surface area contributed by atoms with Crippen LogP contribution in [0.1, 0.15) is 54.4 Å². The Morgan fingerprint density at radius 3 is 2.47 bits per heavy atom. The molecule has 7 heteroatoms. The number of imidazole rings is 1. The highest BCUT2D eigenvalue weighted by atomic mass is 35.5. The lowest BCUT2D eigenvalue weighted by Gasteiger charge is -2.40. The summed E-state index contributed by atoms with van der Waals surface area (Å²) >= 11 is 6.47. The maximum Gasteiger partial charge on any atom is 0.252 e. The van der Waals surface area contributed by atoms with E-state index in [9.17, 15) is 4.79 Å². The largest absolute Gasteiger partial charge is 0.369 e. The number of anilines is 1. The van der Waals surface area contributed by atoms with E-state index in [4.69, 9.17) is 11.6 Å². The van der Waals surface area contributed by atoms with Crippen molar-refractivity contribution in [2.24, 2.45) is 7.05 Å². The fraction of sp³-hybridized carbons (Fsp3) is 0.565. The lowest BCUT2D eigenvalue weighted by atomic mass is 9.89. The number of amides is 1. The number of carbonyl (C=O) groups excluding carboxylic acids is 1. The van der Waals surface area contributed by atoms with Gasteiger partial charge >= 0.3 is 0 Å². The number of nitrogens with zero attached hydrogens (tertiary/aromatic N) is 4. The van der Waals surface area contributed by atoms with Crippen LogP contribution in [0, 0.1) is 6.92 Å². The molecule has 3 rings (SSSR count). The van der Waals surface area contributed by atoms with Crippen LogP contribution in [0.25, 0.3) is 0 Å². The van der Waals surface area contributed by atoms with Crippen molar-refractivity contribution in [3.8, 4) is 0 Å². The summed E-state index contributed by atoms with van der Waals surface area (Å²) in [5.74, 6) is 0.697. The molecule has 1 heterocycles. The Balaban J connectivity index is 1.78. The van der Waals surface area contributed by atoms with E-state index in [1.54, 1.807) is 12.3 Å². The van der Waals surface area contributed by atoms with Crippen LogP contribution in [0.4, 0.5) is 5.69 Å². The zero-order chi connectivity index (χ0) is 21.8. The predicted octanol–water partition coefficient (Wildman–Crippen LogP) is 4.01. The fourth-order valence-electron chi connectivity index (χ4n) is 4.53. The minimum atomic E-state index is -0.119. The van der Waals surface area contributed by atoms with Crippen LogP contribution in [0.15, 0.2) is 24.5 Å². The van der Waals surface area contributed by atoms with Crippen LogP contribution >= 0.6 is 11.6 Å². The molecule has 1 aliphatic carbocycles. The van der Waals surface area contributed by atoms with Gasteiger partial charge in [0.25, 0.3) is 5.91 Å². The van der Waals surface area contributed by atoms with Gasteiger partial charge in [-0.3, -0.25) is 4.79 Å². The van der Waals surface area contributed by atoms with Crippen molar-refractivity contribution in [3.63, 3.8) is 0 Å². The summed E-state index contributed by atoms with van der Waals surface area (Å²) < 4.78 is 1.90. The van der Waals surface area contributed by atoms with Crippen molar-refractivity contribution in [2.75, 3.05) is 25.5 Å². The van der Waals surface area contributed by atoms with E-state index in [2.05, 4.69) is 41.1 Å². The minimum Gasteiger partial charge on any atom is -0.369 e. The average Bonchev–Trinajstić information content (AvgIpc) is 3.14. The van der Waals surface area contributed by atoms with Crippen molar-refractivity contribution in [3.05, 3.63) is 46.5 Å². The normalized spacial score (nSPS) is 19.2. The summed E-state index contributed by atoms with van der Waals surface area (Å²) in [5, 5.41) is 3.58. The van der Waals surface area contributed by atoms with Crippen LogP contribution in [0.5, 0.6) is 0 Å². The first-order valence-corrected chi connectivity index (χ1v) is 11.2. The molecule has 1 aromatic carbocycles. The van der Waals surface area contributed by atoms with E-state index in [0.29, 0.717) is 29.2 Å². The van der Waals surface area contributed by atoms with Crippen molar-refractivity contribution in [1.29, 1.82) is 0 Å². The molecule has 164 valence electrons. The van der Waals surface area contributed by atoms with Crippen molar-refractivity contribution in [2.45, 2.75) is 58.2 Å². The number of nitrogens with one attached hydrogen (secondary N) is 1. The second-order valence-electron chi connectivity index (χ2n) is 8.45. The summed E-state index contributed by atoms with van der Waals surface area (Å²) in [5.41, 5.74) is 2.68. The number of rotatable bonds is 7. The number of hydrogen-bond donors (Lipinski definition) is 1. The number of carbonyl (C=O) groups is 1. The summed E-state index contributed by atoms with van der Waals surface area (Å²) in [6.07, 6.45) is 8.31. The number of benzene rings is 1. The van der Waals surface area contributed by atoms with Crippen LogP contribution in [0.2, 0.25) is 5.02 Å². The van der Waals surface area contributed by atoms with E-state index in [1.165, 1.54) is 12.8 Å². The molecule has 6 nitrogen and oxygen atoms in total. The van der Waals surface area contributed by atoms with Gasteiger partial charge in [-0.2, -0.15) is 0 Å². The van der Waals surface area contributed by atoms with Gasteiger partial charge in [-0.25, -0.2) is 4.98 Å². The molecular formula is C23H34ClN5O. The Morgan fingerprint density at radius 1 is 1.23 bits per heavy atom. The van der Waals surface area contributed by atoms with E-state index in [0.717, 1.165) is 36.5 Å². The summed E-state index contributed by atoms with van der Waals surface area (Å²) in [6, 6.07) is 4.92. The number of halogens is 1. The van der Waals surface area contributed by atoms with Gasteiger partial charge in [0.1, 0.15) is 5.82 Å². The van der Waals surface area contributed by atoms with Crippen molar-refractivity contribution < 1.29 is 4.79 Å². The lowest BCUT2D eigenvalue weighted by molar-refractivity contribution is 0.0949. The van der Waals surface area contributed by atoms with E-state index in [-0.39, 0.29) is 5.91 Å². The fourth-order valence-corrected chi connectivity index (χ4v) is 4.74. The Morgan fingerprint density at radius 2 is 1.90 bits per heavy atom. The Labute approximate surface area is 185 Å². The van der Waals surface area contributed by atoms with Gasteiger partial charge < -0.3 is 19.7 Å². The Bertz CT molecular complexity index is 870. The molecule has 1 saturated carbocycles.